The van der Waals surface area contributed by atoms with Crippen LogP contribution in [0, 0.1) is 11.8 Å². The number of unbranched alkanes of at least 4 members (excludes halogenated alkanes) is 1. The number of hydrogen-bond donors (Lipinski definition) is 1. The maximum absolute atomic E-state index is 6.07. The Morgan fingerprint density at radius 2 is 1.61 bits per heavy atom. The fourth-order valence-corrected chi connectivity index (χ4v) is 5.63. The van der Waals surface area contributed by atoms with Gasteiger partial charge in [-0.05, 0) is 106 Å². The normalized spacial score (nSPS) is 19.5. The lowest BCUT2D eigenvalue weighted by molar-refractivity contribution is 0.0716. The Labute approximate surface area is 231 Å². The molecule has 36 heavy (non-hydrogen) atoms. The van der Waals surface area contributed by atoms with E-state index in [1.807, 2.05) is 42.5 Å². The Kier molecular flexibility index (Phi) is 14.6. The van der Waals surface area contributed by atoms with Crippen LogP contribution in [-0.2, 0) is 6.61 Å². The summed E-state index contributed by atoms with van der Waals surface area (Å²) in [6, 6.07) is 19.1. The van der Waals surface area contributed by atoms with E-state index >= 15 is 0 Å². The van der Waals surface area contributed by atoms with E-state index in [0.29, 0.717) is 6.61 Å². The molecule has 2 aromatic rings. The van der Waals surface area contributed by atoms with Crippen LogP contribution in [0.4, 0.5) is 0 Å². The molecule has 2 aliphatic rings. The predicted octanol–water partition coefficient (Wildman–Crippen LogP) is 7.15. The van der Waals surface area contributed by atoms with Crippen molar-refractivity contribution in [2.24, 2.45) is 11.8 Å². The summed E-state index contributed by atoms with van der Waals surface area (Å²) in [6.07, 6.45) is 10.6. The van der Waals surface area contributed by atoms with Gasteiger partial charge in [0.05, 0.1) is 6.61 Å². The van der Waals surface area contributed by atoms with E-state index in [0.717, 1.165) is 42.4 Å². The number of nitrogens with one attached hydrogen (secondary N) is 1. The molecule has 0 aliphatic carbocycles. The van der Waals surface area contributed by atoms with E-state index in [1.54, 1.807) is 0 Å². The molecule has 2 aliphatic heterocycles. The molecule has 4 nitrogen and oxygen atoms in total. The van der Waals surface area contributed by atoms with E-state index in [4.69, 9.17) is 9.47 Å². The van der Waals surface area contributed by atoms with Crippen LogP contribution in [0.3, 0.4) is 0 Å². The summed E-state index contributed by atoms with van der Waals surface area (Å²) in [5, 5.41) is 3.65. The molecule has 0 bridgehead atoms. The molecule has 2 heterocycles. The van der Waals surface area contributed by atoms with Gasteiger partial charge in [-0.15, -0.1) is 24.8 Å². The lowest BCUT2D eigenvalue weighted by atomic mass is 9.85. The first-order valence-corrected chi connectivity index (χ1v) is 13.7. The van der Waals surface area contributed by atoms with Crippen molar-refractivity contribution in [2.45, 2.75) is 70.9 Å². The highest BCUT2D eigenvalue weighted by Gasteiger charge is 2.31. The van der Waals surface area contributed by atoms with Gasteiger partial charge in [-0.2, -0.15) is 0 Å². The van der Waals surface area contributed by atoms with Crippen LogP contribution in [0.25, 0.3) is 0 Å². The van der Waals surface area contributed by atoms with E-state index in [9.17, 15) is 0 Å². The topological polar surface area (TPSA) is 33.7 Å². The Balaban J connectivity index is 0.00000228. The van der Waals surface area contributed by atoms with Crippen molar-refractivity contribution in [2.75, 3.05) is 32.8 Å². The van der Waals surface area contributed by atoms with Crippen molar-refractivity contribution < 1.29 is 9.47 Å². The molecule has 0 aromatic heterocycles. The highest BCUT2D eigenvalue weighted by molar-refractivity contribution is 5.85. The van der Waals surface area contributed by atoms with Crippen LogP contribution >= 0.6 is 24.8 Å². The van der Waals surface area contributed by atoms with Crippen LogP contribution in [0.1, 0.15) is 63.9 Å². The van der Waals surface area contributed by atoms with Gasteiger partial charge in [0.15, 0.2) is 0 Å². The number of hydrogen-bond acceptors (Lipinski definition) is 4. The average molecular weight is 538 g/mol. The van der Waals surface area contributed by atoms with Crippen LogP contribution in [0.2, 0.25) is 0 Å². The summed E-state index contributed by atoms with van der Waals surface area (Å²) in [5.74, 6) is 3.46. The molecule has 4 rings (SSSR count). The van der Waals surface area contributed by atoms with Crippen molar-refractivity contribution in [1.29, 1.82) is 0 Å². The summed E-state index contributed by atoms with van der Waals surface area (Å²) in [5.41, 5.74) is 1.18. The van der Waals surface area contributed by atoms with Gasteiger partial charge < -0.3 is 19.7 Å². The number of benzene rings is 2. The molecule has 2 saturated heterocycles. The molecular formula is C30H46Cl2N2O2. The second-order valence-electron chi connectivity index (χ2n) is 10.2. The van der Waals surface area contributed by atoms with Gasteiger partial charge in [0.25, 0.3) is 0 Å². The number of piperidine rings is 2. The zero-order valence-corrected chi connectivity index (χ0v) is 23.5. The molecule has 2 unspecified atom stereocenters. The standard InChI is InChI=1S/C30H44N2O2.2ClH/c1-2-3-11-30(27-10-7-19-31-23-27)32-20-16-25(17-21-32)18-22-33-28-12-14-29(15-13-28)34-24-26-8-5-4-6-9-26;;/h4-6,8-9,12-15,25,27,30-31H,2-3,7,10-11,16-24H2,1H3;2*1H. The molecule has 0 saturated carbocycles. The monoisotopic (exact) mass is 536 g/mol. The summed E-state index contributed by atoms with van der Waals surface area (Å²) in [6.45, 7) is 8.69. The molecule has 2 atom stereocenters. The Hall–Kier alpha value is -1.46. The van der Waals surface area contributed by atoms with Gasteiger partial charge in [0.2, 0.25) is 0 Å². The Morgan fingerprint density at radius 3 is 2.25 bits per heavy atom. The quantitative estimate of drug-likeness (QED) is 0.312. The first-order valence-electron chi connectivity index (χ1n) is 13.7. The number of likely N-dealkylation sites (tertiary alicyclic amines) is 1. The van der Waals surface area contributed by atoms with E-state index in [2.05, 4.69) is 29.3 Å². The van der Waals surface area contributed by atoms with Crippen LogP contribution in [0.15, 0.2) is 54.6 Å². The minimum Gasteiger partial charge on any atom is -0.494 e. The van der Waals surface area contributed by atoms with Gasteiger partial charge in [-0.1, -0.05) is 50.1 Å². The van der Waals surface area contributed by atoms with E-state index < -0.39 is 0 Å². The molecule has 0 spiro atoms. The molecule has 1 N–H and O–H groups in total. The first kappa shape index (κ1) is 30.8. The molecule has 0 radical (unpaired) electrons. The maximum atomic E-state index is 6.07. The third kappa shape index (κ3) is 9.78. The summed E-state index contributed by atoms with van der Waals surface area (Å²) >= 11 is 0. The summed E-state index contributed by atoms with van der Waals surface area (Å²) < 4.78 is 12.0. The van der Waals surface area contributed by atoms with Gasteiger partial charge >= 0.3 is 0 Å². The largest absolute Gasteiger partial charge is 0.494 e. The average Bonchev–Trinajstić information content (AvgIpc) is 2.90. The third-order valence-corrected chi connectivity index (χ3v) is 7.72. The van der Waals surface area contributed by atoms with Gasteiger partial charge in [-0.25, -0.2) is 0 Å². The Bertz CT molecular complexity index is 807. The first-order chi connectivity index (χ1) is 16.8. The fraction of sp³-hybridized carbons (Fsp3) is 0.600. The van der Waals surface area contributed by atoms with Crippen molar-refractivity contribution >= 4 is 24.8 Å². The number of halogens is 2. The number of nitrogens with zero attached hydrogens (tertiary/aromatic N) is 1. The molecule has 2 fully saturated rings. The Morgan fingerprint density at radius 1 is 0.917 bits per heavy atom. The minimum absolute atomic E-state index is 0. The molecule has 0 amide bonds. The maximum Gasteiger partial charge on any atom is 0.120 e. The SMILES string of the molecule is CCCCC(C1CCCNC1)N1CCC(CCOc2ccc(OCc3ccccc3)cc2)CC1.Cl.Cl. The lowest BCUT2D eigenvalue weighted by Crippen LogP contribution is -2.49. The molecule has 6 heteroatoms. The predicted molar refractivity (Wildman–Crippen MR) is 155 cm³/mol. The van der Waals surface area contributed by atoms with Gasteiger partial charge in [0.1, 0.15) is 18.1 Å². The number of ether oxygens (including phenoxy) is 2. The molecule has 2 aromatic carbocycles. The third-order valence-electron chi connectivity index (χ3n) is 7.72. The zero-order valence-electron chi connectivity index (χ0n) is 21.9. The van der Waals surface area contributed by atoms with Crippen molar-refractivity contribution in [3.05, 3.63) is 60.2 Å². The second kappa shape index (κ2) is 17.1. The molecular weight excluding hydrogens is 491 g/mol. The minimum atomic E-state index is 0. The second-order valence-corrected chi connectivity index (χ2v) is 10.2. The van der Waals surface area contributed by atoms with Gasteiger partial charge in [-0.3, -0.25) is 0 Å². The van der Waals surface area contributed by atoms with Crippen LogP contribution in [-0.4, -0.2) is 43.7 Å². The highest BCUT2D eigenvalue weighted by atomic mass is 35.5. The highest BCUT2D eigenvalue weighted by Crippen LogP contribution is 2.29. The van der Waals surface area contributed by atoms with Crippen LogP contribution < -0.4 is 14.8 Å². The van der Waals surface area contributed by atoms with Gasteiger partial charge in [0, 0.05) is 6.04 Å². The van der Waals surface area contributed by atoms with Crippen molar-refractivity contribution in [3.8, 4) is 11.5 Å². The summed E-state index contributed by atoms with van der Waals surface area (Å²) in [7, 11) is 0. The smallest absolute Gasteiger partial charge is 0.120 e. The number of rotatable bonds is 12. The van der Waals surface area contributed by atoms with Crippen LogP contribution in [0.5, 0.6) is 11.5 Å². The zero-order chi connectivity index (χ0) is 23.4. The lowest BCUT2D eigenvalue weighted by Gasteiger charge is -2.42. The van der Waals surface area contributed by atoms with Crippen molar-refractivity contribution in [3.63, 3.8) is 0 Å². The fourth-order valence-electron chi connectivity index (χ4n) is 5.63. The van der Waals surface area contributed by atoms with Crippen molar-refractivity contribution in [1.82, 2.24) is 10.2 Å². The van der Waals surface area contributed by atoms with E-state index in [1.165, 1.54) is 76.7 Å². The van der Waals surface area contributed by atoms with E-state index in [-0.39, 0.29) is 24.8 Å². The summed E-state index contributed by atoms with van der Waals surface area (Å²) in [4.78, 5) is 2.83. The molecule has 202 valence electrons.